The van der Waals surface area contributed by atoms with Crippen LogP contribution in [0, 0.1) is 11.7 Å². The van der Waals surface area contributed by atoms with Crippen molar-refractivity contribution in [3.8, 4) is 0 Å². The second-order valence-corrected chi connectivity index (χ2v) is 5.93. The number of nitrogens with one attached hydrogen (secondary N) is 1. The highest BCUT2D eigenvalue weighted by Crippen LogP contribution is 2.23. The summed E-state index contributed by atoms with van der Waals surface area (Å²) in [7, 11) is 4.11. The molecule has 0 bridgehead atoms. The molecule has 5 heteroatoms. The maximum atomic E-state index is 13.0. The molecule has 1 aliphatic rings. The Morgan fingerprint density at radius 3 is 2.71 bits per heavy atom. The van der Waals surface area contributed by atoms with Crippen molar-refractivity contribution in [3.63, 3.8) is 0 Å². The zero-order valence-electron chi connectivity index (χ0n) is 13.2. The van der Waals surface area contributed by atoms with E-state index in [1.807, 2.05) is 7.05 Å². The highest BCUT2D eigenvalue weighted by atomic mass is 19.1. The summed E-state index contributed by atoms with van der Waals surface area (Å²) in [5.41, 5.74) is 0.895. The van der Waals surface area contributed by atoms with Gasteiger partial charge in [-0.2, -0.15) is 0 Å². The van der Waals surface area contributed by atoms with Gasteiger partial charge < -0.3 is 15.0 Å². The van der Waals surface area contributed by atoms with Crippen LogP contribution in [0.4, 0.5) is 4.39 Å². The number of nitrogens with zero attached hydrogens (tertiary/aromatic N) is 2. The van der Waals surface area contributed by atoms with Gasteiger partial charge in [0.2, 0.25) is 0 Å². The molecular formula is C16H26FN3O. The van der Waals surface area contributed by atoms with E-state index < -0.39 is 0 Å². The Balaban J connectivity index is 1.95. The molecule has 2 unspecified atom stereocenters. The Kier molecular flexibility index (Phi) is 6.08. The third-order valence-corrected chi connectivity index (χ3v) is 4.34. The maximum absolute atomic E-state index is 13.0. The average Bonchev–Trinajstić information content (AvgIpc) is 2.50. The van der Waals surface area contributed by atoms with Gasteiger partial charge in [-0.3, -0.25) is 4.98 Å². The molecule has 1 aromatic heterocycles. The lowest BCUT2D eigenvalue weighted by Crippen LogP contribution is -2.41. The van der Waals surface area contributed by atoms with Gasteiger partial charge in [0.25, 0.3) is 0 Å². The zero-order chi connectivity index (χ0) is 15.2. The van der Waals surface area contributed by atoms with Crippen LogP contribution in [0.15, 0.2) is 18.3 Å². The smallest absolute Gasteiger partial charge is 0.141 e. The first-order chi connectivity index (χ1) is 10.1. The monoisotopic (exact) mass is 295 g/mol. The maximum Gasteiger partial charge on any atom is 0.141 e. The van der Waals surface area contributed by atoms with Gasteiger partial charge in [-0.05, 0) is 45.0 Å². The largest absolute Gasteiger partial charge is 0.381 e. The number of halogens is 1. The second-order valence-electron chi connectivity index (χ2n) is 5.93. The van der Waals surface area contributed by atoms with Gasteiger partial charge in [-0.1, -0.05) is 6.92 Å². The molecule has 0 amide bonds. The minimum Gasteiger partial charge on any atom is -0.381 e. The molecule has 0 radical (unpaired) electrons. The van der Waals surface area contributed by atoms with Crippen LogP contribution in [0.3, 0.4) is 0 Å². The van der Waals surface area contributed by atoms with Crippen molar-refractivity contribution in [2.75, 3.05) is 33.9 Å². The Hall–Kier alpha value is -1.04. The minimum atomic E-state index is -0.291. The summed E-state index contributed by atoms with van der Waals surface area (Å²) >= 11 is 0. The molecule has 1 saturated heterocycles. The molecule has 0 spiro atoms. The molecule has 2 atom stereocenters. The Labute approximate surface area is 126 Å². The van der Waals surface area contributed by atoms with E-state index >= 15 is 0 Å². The van der Waals surface area contributed by atoms with Crippen LogP contribution in [0.5, 0.6) is 0 Å². The normalized spacial score (nSPS) is 19.7. The zero-order valence-corrected chi connectivity index (χ0v) is 13.2. The van der Waals surface area contributed by atoms with Crippen LogP contribution in [-0.4, -0.2) is 49.8 Å². The van der Waals surface area contributed by atoms with Gasteiger partial charge in [0.1, 0.15) is 5.82 Å². The standard InChI is InChI=1S/C16H26FN3O/c1-12(11-20(3)14-6-8-21-9-7-14)16(18-2)15-5-4-13(17)10-19-15/h4-5,10,12,14,16,18H,6-9,11H2,1-3H3. The summed E-state index contributed by atoms with van der Waals surface area (Å²) in [6.07, 6.45) is 3.49. The van der Waals surface area contributed by atoms with Crippen molar-refractivity contribution in [1.29, 1.82) is 0 Å². The number of hydrogen-bond donors (Lipinski definition) is 1. The summed E-state index contributed by atoms with van der Waals surface area (Å²) in [5.74, 6) is 0.0985. The van der Waals surface area contributed by atoms with Gasteiger partial charge in [-0.25, -0.2) is 4.39 Å². The van der Waals surface area contributed by atoms with E-state index in [0.29, 0.717) is 12.0 Å². The van der Waals surface area contributed by atoms with Crippen molar-refractivity contribution in [1.82, 2.24) is 15.2 Å². The summed E-state index contributed by atoms with van der Waals surface area (Å²) < 4.78 is 18.4. The van der Waals surface area contributed by atoms with E-state index in [1.165, 1.54) is 12.3 Å². The van der Waals surface area contributed by atoms with Gasteiger partial charge in [0.05, 0.1) is 17.9 Å². The number of pyridine rings is 1. The first kappa shape index (κ1) is 16.3. The molecule has 0 aliphatic carbocycles. The highest BCUT2D eigenvalue weighted by Gasteiger charge is 2.24. The first-order valence-corrected chi connectivity index (χ1v) is 7.68. The van der Waals surface area contributed by atoms with E-state index in [2.05, 4.69) is 29.2 Å². The lowest BCUT2D eigenvalue weighted by Gasteiger charge is -2.34. The molecule has 21 heavy (non-hydrogen) atoms. The Morgan fingerprint density at radius 1 is 1.43 bits per heavy atom. The van der Waals surface area contributed by atoms with Crippen molar-refractivity contribution in [3.05, 3.63) is 29.8 Å². The number of rotatable bonds is 6. The average molecular weight is 295 g/mol. The third-order valence-electron chi connectivity index (χ3n) is 4.34. The molecule has 1 N–H and O–H groups in total. The number of ether oxygens (including phenoxy) is 1. The molecule has 1 fully saturated rings. The molecule has 4 nitrogen and oxygen atoms in total. The van der Waals surface area contributed by atoms with Crippen LogP contribution in [0.25, 0.3) is 0 Å². The predicted octanol–water partition coefficient (Wildman–Crippen LogP) is 2.23. The van der Waals surface area contributed by atoms with Gasteiger partial charge >= 0.3 is 0 Å². The quantitative estimate of drug-likeness (QED) is 0.873. The molecule has 2 heterocycles. The first-order valence-electron chi connectivity index (χ1n) is 7.68. The van der Waals surface area contributed by atoms with Gasteiger partial charge in [0.15, 0.2) is 0 Å². The minimum absolute atomic E-state index is 0.132. The second kappa shape index (κ2) is 7.82. The molecule has 0 saturated carbocycles. The predicted molar refractivity (Wildman–Crippen MR) is 81.6 cm³/mol. The van der Waals surface area contributed by atoms with Crippen LogP contribution < -0.4 is 5.32 Å². The summed E-state index contributed by atoms with van der Waals surface area (Å²) in [4.78, 5) is 6.63. The summed E-state index contributed by atoms with van der Waals surface area (Å²) in [6, 6.07) is 3.97. The highest BCUT2D eigenvalue weighted by molar-refractivity contribution is 5.11. The SMILES string of the molecule is CNC(c1ccc(F)cn1)C(C)CN(C)C1CCOCC1. The lowest BCUT2D eigenvalue weighted by molar-refractivity contribution is 0.0372. The van der Waals surface area contributed by atoms with E-state index in [4.69, 9.17) is 4.74 Å². The van der Waals surface area contributed by atoms with Crippen molar-refractivity contribution >= 4 is 0 Å². The van der Waals surface area contributed by atoms with E-state index in [9.17, 15) is 4.39 Å². The Bertz CT molecular complexity index is 420. The van der Waals surface area contributed by atoms with Crippen LogP contribution in [0.1, 0.15) is 31.5 Å². The summed E-state index contributed by atoms with van der Waals surface area (Å²) in [5, 5.41) is 3.31. The van der Waals surface area contributed by atoms with Crippen molar-refractivity contribution in [2.45, 2.75) is 31.8 Å². The Morgan fingerprint density at radius 2 is 2.14 bits per heavy atom. The van der Waals surface area contributed by atoms with Crippen LogP contribution in [-0.2, 0) is 4.74 Å². The molecule has 118 valence electrons. The van der Waals surface area contributed by atoms with Crippen LogP contribution in [0.2, 0.25) is 0 Å². The van der Waals surface area contributed by atoms with E-state index in [0.717, 1.165) is 38.3 Å². The molecule has 1 aliphatic heterocycles. The van der Waals surface area contributed by atoms with Crippen molar-refractivity contribution in [2.24, 2.45) is 5.92 Å². The van der Waals surface area contributed by atoms with Crippen molar-refractivity contribution < 1.29 is 9.13 Å². The van der Waals surface area contributed by atoms with E-state index in [1.54, 1.807) is 6.07 Å². The molecule has 0 aromatic carbocycles. The third kappa shape index (κ3) is 4.46. The molecular weight excluding hydrogens is 269 g/mol. The number of aromatic nitrogens is 1. The fourth-order valence-electron chi connectivity index (χ4n) is 3.13. The molecule has 1 aromatic rings. The fraction of sp³-hybridized carbons (Fsp3) is 0.688. The number of hydrogen-bond acceptors (Lipinski definition) is 4. The van der Waals surface area contributed by atoms with Gasteiger partial charge in [0, 0.05) is 25.8 Å². The topological polar surface area (TPSA) is 37.4 Å². The fourth-order valence-corrected chi connectivity index (χ4v) is 3.13. The lowest BCUT2D eigenvalue weighted by atomic mass is 9.96. The van der Waals surface area contributed by atoms with Gasteiger partial charge in [-0.15, -0.1) is 0 Å². The summed E-state index contributed by atoms with van der Waals surface area (Å²) in [6.45, 7) is 4.91. The van der Waals surface area contributed by atoms with Crippen LogP contribution >= 0.6 is 0 Å². The molecule has 2 rings (SSSR count). The van der Waals surface area contributed by atoms with E-state index in [-0.39, 0.29) is 11.9 Å².